The van der Waals surface area contributed by atoms with Gasteiger partial charge in [0.05, 0.1) is 9.79 Å². The molecule has 0 aliphatic rings. The number of nitrogens with two attached hydrogens (primary N) is 1. The van der Waals surface area contributed by atoms with Crippen LogP contribution in [0.15, 0.2) is 34.1 Å². The van der Waals surface area contributed by atoms with E-state index in [0.717, 1.165) is 0 Å². The van der Waals surface area contributed by atoms with Gasteiger partial charge in [-0.2, -0.15) is 4.83 Å². The summed E-state index contributed by atoms with van der Waals surface area (Å²) in [5.74, 6) is 4.79. The summed E-state index contributed by atoms with van der Waals surface area (Å²) < 4.78 is 41.4. The van der Waals surface area contributed by atoms with Crippen molar-refractivity contribution in [2.75, 3.05) is 0 Å². The number of hydrogen-bond acceptors (Lipinski definition) is 4. The Morgan fingerprint density at radius 2 is 1.79 bits per heavy atom. The maximum Gasteiger partial charge on any atom is 0.253 e. The molecule has 4 N–H and O–H groups in total. The van der Waals surface area contributed by atoms with Gasteiger partial charge in [0, 0.05) is 0 Å². The first-order valence-corrected chi connectivity index (χ1v) is 5.99. The summed E-state index contributed by atoms with van der Waals surface area (Å²) in [6.45, 7) is 0. The SMILES string of the molecule is NNS(=O)(=O)c1ccc(S(=O)O)cc1. The molecule has 0 spiro atoms. The summed E-state index contributed by atoms with van der Waals surface area (Å²) >= 11 is -2.11. The quantitative estimate of drug-likeness (QED) is 0.369. The maximum absolute atomic E-state index is 11.1. The normalized spacial score (nSPS) is 13.9. The lowest BCUT2D eigenvalue weighted by Gasteiger charge is -2.01. The van der Waals surface area contributed by atoms with Gasteiger partial charge in [-0.25, -0.2) is 12.6 Å². The highest BCUT2D eigenvalue weighted by Crippen LogP contribution is 2.11. The molecule has 8 heteroatoms. The summed E-state index contributed by atoms with van der Waals surface area (Å²) in [6, 6.07) is 4.86. The van der Waals surface area contributed by atoms with Crippen molar-refractivity contribution in [2.45, 2.75) is 9.79 Å². The van der Waals surface area contributed by atoms with Crippen LogP contribution >= 0.6 is 0 Å². The topological polar surface area (TPSA) is 109 Å². The summed E-state index contributed by atoms with van der Waals surface area (Å²) in [5.41, 5.74) is 0. The predicted molar refractivity (Wildman–Crippen MR) is 50.0 cm³/mol. The summed E-state index contributed by atoms with van der Waals surface area (Å²) in [4.78, 5) is 1.71. The molecule has 1 aromatic rings. The van der Waals surface area contributed by atoms with Crippen LogP contribution in [0.2, 0.25) is 0 Å². The van der Waals surface area contributed by atoms with Crippen molar-refractivity contribution in [1.29, 1.82) is 0 Å². The van der Waals surface area contributed by atoms with E-state index in [9.17, 15) is 12.6 Å². The van der Waals surface area contributed by atoms with E-state index in [1.165, 1.54) is 24.3 Å². The van der Waals surface area contributed by atoms with Gasteiger partial charge in [0.2, 0.25) is 0 Å². The van der Waals surface area contributed by atoms with Crippen LogP contribution in [0.25, 0.3) is 0 Å². The molecule has 0 aliphatic heterocycles. The second-order valence-electron chi connectivity index (χ2n) is 2.34. The minimum absolute atomic E-state index is 0.0609. The molecule has 0 saturated heterocycles. The first kappa shape index (κ1) is 11.3. The van der Waals surface area contributed by atoms with E-state index in [0.29, 0.717) is 0 Å². The van der Waals surface area contributed by atoms with E-state index in [2.05, 4.69) is 0 Å². The highest BCUT2D eigenvalue weighted by molar-refractivity contribution is 7.89. The molecular weight excluding hydrogens is 228 g/mol. The number of hydrogen-bond donors (Lipinski definition) is 3. The third-order valence-electron chi connectivity index (χ3n) is 1.49. The van der Waals surface area contributed by atoms with Gasteiger partial charge in [-0.1, -0.05) is 0 Å². The molecule has 0 aromatic heterocycles. The molecule has 78 valence electrons. The second-order valence-corrected chi connectivity index (χ2v) is 5.03. The molecule has 0 radical (unpaired) electrons. The van der Waals surface area contributed by atoms with Crippen molar-refractivity contribution in [3.05, 3.63) is 24.3 Å². The van der Waals surface area contributed by atoms with Crippen molar-refractivity contribution in [3.8, 4) is 0 Å². The zero-order chi connectivity index (χ0) is 10.8. The monoisotopic (exact) mass is 236 g/mol. The van der Waals surface area contributed by atoms with Crippen LogP contribution < -0.4 is 10.7 Å². The Morgan fingerprint density at radius 1 is 1.29 bits per heavy atom. The van der Waals surface area contributed by atoms with E-state index in [1.807, 2.05) is 0 Å². The minimum Gasteiger partial charge on any atom is -0.302 e. The maximum atomic E-state index is 11.1. The second kappa shape index (κ2) is 4.15. The van der Waals surface area contributed by atoms with Crippen molar-refractivity contribution < 1.29 is 17.2 Å². The van der Waals surface area contributed by atoms with Crippen LogP contribution in [0.5, 0.6) is 0 Å². The van der Waals surface area contributed by atoms with Gasteiger partial charge in [0.25, 0.3) is 10.0 Å². The fourth-order valence-electron chi connectivity index (χ4n) is 0.803. The molecule has 0 amide bonds. The van der Waals surface area contributed by atoms with Crippen LogP contribution in [-0.4, -0.2) is 17.2 Å². The van der Waals surface area contributed by atoms with Gasteiger partial charge in [0.15, 0.2) is 11.1 Å². The molecule has 0 fully saturated rings. The molecule has 0 heterocycles. The average molecular weight is 236 g/mol. The van der Waals surface area contributed by atoms with E-state index in [4.69, 9.17) is 10.4 Å². The van der Waals surface area contributed by atoms with Gasteiger partial charge in [0.1, 0.15) is 0 Å². The standard InChI is InChI=1S/C6H8N2O4S2/c7-8-14(11,12)6-3-1-5(2-4-6)13(9)10/h1-4,8H,7H2,(H,9,10). The van der Waals surface area contributed by atoms with E-state index in [-0.39, 0.29) is 9.79 Å². The first-order valence-electron chi connectivity index (χ1n) is 3.40. The Kier molecular flexibility index (Phi) is 3.34. The lowest BCUT2D eigenvalue weighted by atomic mass is 10.4. The summed E-state index contributed by atoms with van der Waals surface area (Å²) in [7, 11) is -3.69. The summed E-state index contributed by atoms with van der Waals surface area (Å²) in [5, 5.41) is 0. The molecule has 14 heavy (non-hydrogen) atoms. The first-order chi connectivity index (χ1) is 6.47. The lowest BCUT2D eigenvalue weighted by molar-refractivity contribution is 0.563. The predicted octanol–water partition coefficient (Wildman–Crippen LogP) is -0.581. The Balaban J connectivity index is 3.12. The van der Waals surface area contributed by atoms with Gasteiger partial charge in [-0.3, -0.25) is 5.84 Å². The van der Waals surface area contributed by atoms with E-state index >= 15 is 0 Å². The van der Waals surface area contributed by atoms with Crippen molar-refractivity contribution >= 4 is 21.1 Å². The van der Waals surface area contributed by atoms with Gasteiger partial charge < -0.3 is 4.55 Å². The Labute approximate surface area is 83.4 Å². The molecule has 1 atom stereocenters. The van der Waals surface area contributed by atoms with E-state index in [1.54, 1.807) is 4.83 Å². The van der Waals surface area contributed by atoms with Crippen molar-refractivity contribution in [1.82, 2.24) is 4.83 Å². The lowest BCUT2D eigenvalue weighted by Crippen LogP contribution is -2.30. The summed E-state index contributed by atoms with van der Waals surface area (Å²) in [6.07, 6.45) is 0. The van der Waals surface area contributed by atoms with Crippen LogP contribution in [0.1, 0.15) is 0 Å². The molecule has 1 aromatic carbocycles. The van der Waals surface area contributed by atoms with E-state index < -0.39 is 21.1 Å². The molecule has 1 rings (SSSR count). The van der Waals surface area contributed by atoms with Crippen LogP contribution in [-0.2, 0) is 21.1 Å². The molecule has 0 bridgehead atoms. The third kappa shape index (κ3) is 2.36. The van der Waals surface area contributed by atoms with Gasteiger partial charge >= 0.3 is 0 Å². The number of hydrazine groups is 1. The molecular formula is C6H8N2O4S2. The Bertz CT molecular complexity index is 439. The van der Waals surface area contributed by atoms with Crippen LogP contribution in [0, 0.1) is 0 Å². The fraction of sp³-hybridized carbons (Fsp3) is 0. The van der Waals surface area contributed by atoms with Gasteiger partial charge in [-0.05, 0) is 24.3 Å². The van der Waals surface area contributed by atoms with Crippen LogP contribution in [0.4, 0.5) is 0 Å². The van der Waals surface area contributed by atoms with Crippen molar-refractivity contribution in [3.63, 3.8) is 0 Å². The minimum atomic E-state index is -3.69. The Hall–Kier alpha value is -0.800. The number of rotatable bonds is 3. The molecule has 0 aliphatic carbocycles. The molecule has 0 saturated carbocycles. The molecule has 6 nitrogen and oxygen atoms in total. The zero-order valence-corrected chi connectivity index (χ0v) is 8.51. The Morgan fingerprint density at radius 3 is 2.14 bits per heavy atom. The smallest absolute Gasteiger partial charge is 0.253 e. The highest BCUT2D eigenvalue weighted by atomic mass is 32.2. The van der Waals surface area contributed by atoms with Crippen LogP contribution in [0.3, 0.4) is 0 Å². The number of nitrogens with one attached hydrogen (secondary N) is 1. The third-order valence-corrected chi connectivity index (χ3v) is 3.37. The number of benzene rings is 1. The zero-order valence-electron chi connectivity index (χ0n) is 6.88. The number of sulfonamides is 1. The highest BCUT2D eigenvalue weighted by Gasteiger charge is 2.11. The average Bonchev–Trinajstić information content (AvgIpc) is 2.18. The van der Waals surface area contributed by atoms with Gasteiger partial charge in [-0.15, -0.1) is 0 Å². The fourth-order valence-corrected chi connectivity index (χ4v) is 1.80. The molecule has 1 unspecified atom stereocenters. The van der Waals surface area contributed by atoms with Crippen molar-refractivity contribution in [2.24, 2.45) is 5.84 Å². The largest absolute Gasteiger partial charge is 0.302 e.